The highest BCUT2D eigenvalue weighted by Gasteiger charge is 2.41. The van der Waals surface area contributed by atoms with Gasteiger partial charge < -0.3 is 0 Å². The van der Waals surface area contributed by atoms with E-state index < -0.39 is 6.17 Å². The molecule has 1 aliphatic carbocycles. The number of hydrogen-bond donors (Lipinski definition) is 0. The molecule has 2 fully saturated rings. The normalized spacial score (nSPS) is 26.3. The maximum absolute atomic E-state index is 13.4. The van der Waals surface area contributed by atoms with Gasteiger partial charge in [-0.05, 0) is 37.1 Å². The molecule has 2 heterocycles. The van der Waals surface area contributed by atoms with Gasteiger partial charge in [0.15, 0.2) is 0 Å². The molecule has 0 amide bonds. The Balaban J connectivity index is 1.85. The highest BCUT2D eigenvalue weighted by molar-refractivity contribution is 7.10. The molecule has 18 heavy (non-hydrogen) atoms. The topological polar surface area (TPSA) is 3.24 Å². The molecule has 1 aromatic rings. The molecule has 0 radical (unpaired) electrons. The molecule has 2 aliphatic rings. The second-order valence-corrected chi connectivity index (χ2v) is 6.68. The van der Waals surface area contributed by atoms with Crippen molar-refractivity contribution < 1.29 is 4.39 Å². The van der Waals surface area contributed by atoms with Crippen LogP contribution in [0.4, 0.5) is 4.39 Å². The summed E-state index contributed by atoms with van der Waals surface area (Å²) in [6.45, 7) is 1.89. The van der Waals surface area contributed by atoms with E-state index in [-0.39, 0.29) is 5.54 Å². The Morgan fingerprint density at radius 3 is 2.50 bits per heavy atom. The fourth-order valence-electron chi connectivity index (χ4n) is 3.67. The van der Waals surface area contributed by atoms with Crippen LogP contribution in [0.3, 0.4) is 0 Å². The minimum Gasteiger partial charge on any atom is -0.293 e. The zero-order valence-corrected chi connectivity index (χ0v) is 11.7. The van der Waals surface area contributed by atoms with Gasteiger partial charge in [-0.3, -0.25) is 4.90 Å². The molecule has 1 aromatic heterocycles. The summed E-state index contributed by atoms with van der Waals surface area (Å²) < 4.78 is 13.4. The molecule has 1 nitrogen and oxygen atoms in total. The van der Waals surface area contributed by atoms with E-state index in [1.807, 2.05) is 11.3 Å². The fraction of sp³-hybridized carbons (Fsp3) is 0.733. The summed E-state index contributed by atoms with van der Waals surface area (Å²) in [5, 5.41) is 2.19. The van der Waals surface area contributed by atoms with Gasteiger partial charge >= 0.3 is 0 Å². The lowest BCUT2D eigenvalue weighted by molar-refractivity contribution is 0.0135. The summed E-state index contributed by atoms with van der Waals surface area (Å²) in [5.41, 5.74) is 0.243. The van der Waals surface area contributed by atoms with Crippen molar-refractivity contribution in [1.82, 2.24) is 4.90 Å². The van der Waals surface area contributed by atoms with E-state index >= 15 is 0 Å². The number of hydrogen-bond acceptors (Lipinski definition) is 2. The van der Waals surface area contributed by atoms with Crippen molar-refractivity contribution in [2.45, 2.75) is 56.7 Å². The van der Waals surface area contributed by atoms with Crippen LogP contribution in [0.5, 0.6) is 0 Å². The standard InChI is InChI=1S/C15H22FNS/c16-13-6-10-17(11-7-13)15(8-2-1-3-9-15)14-5-4-12-18-14/h4-5,12-13H,1-3,6-11H2/i16-1. The quantitative estimate of drug-likeness (QED) is 0.769. The molecule has 3 heteroatoms. The molecule has 1 saturated heterocycles. The van der Waals surface area contributed by atoms with E-state index in [4.69, 9.17) is 0 Å². The highest BCUT2D eigenvalue weighted by Crippen LogP contribution is 2.45. The molecule has 3 rings (SSSR count). The van der Waals surface area contributed by atoms with Crippen LogP contribution in [0, 0.1) is 0 Å². The van der Waals surface area contributed by atoms with Crippen molar-refractivity contribution >= 4 is 11.3 Å². The van der Waals surface area contributed by atoms with Crippen LogP contribution in [0.1, 0.15) is 49.8 Å². The fourth-order valence-corrected chi connectivity index (χ4v) is 4.69. The predicted octanol–water partition coefficient (Wildman–Crippen LogP) is 4.34. The van der Waals surface area contributed by atoms with Crippen LogP contribution in [-0.2, 0) is 5.54 Å². The minimum absolute atomic E-state index is 0.243. The first-order chi connectivity index (χ1) is 8.81. The Morgan fingerprint density at radius 2 is 1.89 bits per heavy atom. The molecule has 1 saturated carbocycles. The summed E-state index contributed by atoms with van der Waals surface area (Å²) in [5.74, 6) is 0. The van der Waals surface area contributed by atoms with Gasteiger partial charge in [-0.25, -0.2) is 4.39 Å². The third kappa shape index (κ3) is 2.23. The predicted molar refractivity (Wildman–Crippen MR) is 74.8 cm³/mol. The second-order valence-electron chi connectivity index (χ2n) is 5.73. The number of alkyl halides is 1. The number of likely N-dealkylation sites (tertiary alicyclic amines) is 1. The maximum Gasteiger partial charge on any atom is 0.103 e. The van der Waals surface area contributed by atoms with Crippen LogP contribution >= 0.6 is 11.3 Å². The van der Waals surface area contributed by atoms with Crippen LogP contribution in [0.15, 0.2) is 17.5 Å². The van der Waals surface area contributed by atoms with Crippen LogP contribution in [0.2, 0.25) is 0 Å². The van der Waals surface area contributed by atoms with Gasteiger partial charge in [-0.2, -0.15) is 0 Å². The highest BCUT2D eigenvalue weighted by atomic mass is 32.1. The first-order valence-corrected chi connectivity index (χ1v) is 8.12. The van der Waals surface area contributed by atoms with Crippen molar-refractivity contribution in [3.63, 3.8) is 0 Å². The summed E-state index contributed by atoms with van der Waals surface area (Å²) >= 11 is 1.89. The molecule has 0 aromatic carbocycles. The second kappa shape index (κ2) is 5.30. The van der Waals surface area contributed by atoms with Gasteiger partial charge in [0.05, 0.1) is 5.54 Å². The molecule has 0 bridgehead atoms. The van der Waals surface area contributed by atoms with Crippen LogP contribution in [0.25, 0.3) is 0 Å². The molecule has 0 atom stereocenters. The van der Waals surface area contributed by atoms with Crippen LogP contribution < -0.4 is 0 Å². The van der Waals surface area contributed by atoms with Crippen molar-refractivity contribution in [3.8, 4) is 0 Å². The van der Waals surface area contributed by atoms with Gasteiger partial charge in [0, 0.05) is 18.0 Å². The monoisotopic (exact) mass is 266 g/mol. The first-order valence-electron chi connectivity index (χ1n) is 7.24. The zero-order chi connectivity index (χ0) is 12.4. The van der Waals surface area contributed by atoms with Gasteiger partial charge in [-0.1, -0.05) is 25.3 Å². The number of piperidine rings is 1. The largest absolute Gasteiger partial charge is 0.293 e. The lowest BCUT2D eigenvalue weighted by Gasteiger charge is -2.48. The third-order valence-corrected chi connectivity index (χ3v) is 5.75. The van der Waals surface area contributed by atoms with E-state index in [2.05, 4.69) is 22.4 Å². The van der Waals surface area contributed by atoms with Crippen molar-refractivity contribution in [3.05, 3.63) is 22.4 Å². The molecule has 1 aliphatic heterocycles. The third-order valence-electron chi connectivity index (χ3n) is 4.69. The number of nitrogens with zero attached hydrogens (tertiary/aromatic N) is 1. The van der Waals surface area contributed by atoms with E-state index in [0.29, 0.717) is 0 Å². The van der Waals surface area contributed by atoms with E-state index in [9.17, 15) is 4.39 Å². The Labute approximate surface area is 113 Å². The zero-order valence-electron chi connectivity index (χ0n) is 10.9. The van der Waals surface area contributed by atoms with E-state index in [1.165, 1.54) is 37.0 Å². The smallest absolute Gasteiger partial charge is 0.103 e. The maximum atomic E-state index is 13.4. The molecule has 0 N–H and O–H groups in total. The van der Waals surface area contributed by atoms with Crippen LogP contribution in [-0.4, -0.2) is 24.2 Å². The van der Waals surface area contributed by atoms with Gasteiger partial charge in [0.25, 0.3) is 0 Å². The van der Waals surface area contributed by atoms with Gasteiger partial charge in [-0.15, -0.1) is 11.3 Å². The molecule has 0 spiro atoms. The van der Waals surface area contributed by atoms with E-state index in [1.54, 1.807) is 0 Å². The number of rotatable bonds is 2. The minimum atomic E-state index is -0.565. The number of halogens is 1. The Bertz CT molecular complexity index is 362. The summed E-state index contributed by atoms with van der Waals surface area (Å²) in [6, 6.07) is 4.45. The van der Waals surface area contributed by atoms with Crippen molar-refractivity contribution in [2.24, 2.45) is 0 Å². The summed E-state index contributed by atoms with van der Waals surface area (Å²) in [6.07, 6.45) is 7.45. The molecule has 100 valence electrons. The molecular formula is C15H22FNS. The van der Waals surface area contributed by atoms with Crippen molar-refractivity contribution in [2.75, 3.05) is 13.1 Å². The average molecular weight is 266 g/mol. The average Bonchev–Trinajstić information content (AvgIpc) is 2.95. The molecule has 0 unspecified atom stereocenters. The SMILES string of the molecule is [18F]C1CCN(C2(c3cccs3)CCCCC2)CC1. The summed E-state index contributed by atoms with van der Waals surface area (Å²) in [7, 11) is 0. The summed E-state index contributed by atoms with van der Waals surface area (Å²) in [4.78, 5) is 4.10. The lowest BCUT2D eigenvalue weighted by Crippen LogP contribution is -2.50. The Hall–Kier alpha value is -0.410. The lowest BCUT2D eigenvalue weighted by atomic mass is 9.78. The molecular weight excluding hydrogens is 244 g/mol. The Kier molecular flexibility index (Phi) is 3.71. The van der Waals surface area contributed by atoms with Crippen molar-refractivity contribution in [1.29, 1.82) is 0 Å². The van der Waals surface area contributed by atoms with Gasteiger partial charge in [0.2, 0.25) is 0 Å². The van der Waals surface area contributed by atoms with Gasteiger partial charge in [0.1, 0.15) is 6.17 Å². The van der Waals surface area contributed by atoms with E-state index in [0.717, 1.165) is 25.9 Å². The number of thiophene rings is 1. The Morgan fingerprint density at radius 1 is 1.17 bits per heavy atom. The first kappa shape index (κ1) is 12.6.